The maximum Gasteiger partial charge on any atom is 0.0254 e. The fraction of sp³-hybridized carbons (Fsp3) is 1.00. The van der Waals surface area contributed by atoms with E-state index in [9.17, 15) is 0 Å². The minimum Gasteiger partial charge on any atom is -0.316 e. The Balaban J connectivity index is 1.99. The van der Waals surface area contributed by atoms with Crippen molar-refractivity contribution in [2.45, 2.75) is 52.5 Å². The molecule has 1 aliphatic carbocycles. The summed E-state index contributed by atoms with van der Waals surface area (Å²) in [7, 11) is 4.48. The molecule has 0 aromatic carbocycles. The van der Waals surface area contributed by atoms with Gasteiger partial charge in [0.15, 0.2) is 0 Å². The summed E-state index contributed by atoms with van der Waals surface area (Å²) in [5.74, 6) is 1.71. The number of likely N-dealkylation sites (N-methyl/N-ethyl adjacent to an activating group) is 1. The van der Waals surface area contributed by atoms with Gasteiger partial charge in [-0.1, -0.05) is 33.6 Å². The summed E-state index contributed by atoms with van der Waals surface area (Å²) in [6.45, 7) is 13.3. The second kappa shape index (κ2) is 7.43. The van der Waals surface area contributed by atoms with E-state index < -0.39 is 0 Å². The Labute approximate surface area is 132 Å². The molecular formula is C18H37N3. The number of likely N-dealkylation sites (tertiary alicyclic amines) is 1. The fourth-order valence-corrected chi connectivity index (χ4v) is 4.84. The van der Waals surface area contributed by atoms with Gasteiger partial charge in [0.1, 0.15) is 0 Å². The number of nitrogens with zero attached hydrogens (tertiary/aromatic N) is 2. The van der Waals surface area contributed by atoms with Gasteiger partial charge in [-0.3, -0.25) is 0 Å². The Kier molecular flexibility index (Phi) is 6.10. The van der Waals surface area contributed by atoms with E-state index >= 15 is 0 Å². The third-order valence-electron chi connectivity index (χ3n) is 5.81. The molecule has 2 rings (SSSR count). The van der Waals surface area contributed by atoms with Crippen LogP contribution in [0.15, 0.2) is 0 Å². The van der Waals surface area contributed by atoms with Crippen molar-refractivity contribution in [3.05, 3.63) is 0 Å². The van der Waals surface area contributed by atoms with E-state index in [1.165, 1.54) is 51.9 Å². The zero-order valence-electron chi connectivity index (χ0n) is 15.0. The van der Waals surface area contributed by atoms with Gasteiger partial charge in [-0.2, -0.15) is 0 Å². The van der Waals surface area contributed by atoms with Crippen molar-refractivity contribution in [2.24, 2.45) is 17.3 Å². The Morgan fingerprint density at radius 2 is 2.00 bits per heavy atom. The maximum absolute atomic E-state index is 3.66. The van der Waals surface area contributed by atoms with E-state index in [-0.39, 0.29) is 0 Å². The largest absolute Gasteiger partial charge is 0.316 e. The standard InChI is InChI=1S/C18H37N3/c1-6-19-13-18(9-7-8-15(2)10-18)14-21-11-16(3)17(12-21)20(4)5/h15-17,19H,6-14H2,1-5H3. The second-order valence-corrected chi connectivity index (χ2v) is 8.18. The number of hydrogen-bond donors (Lipinski definition) is 1. The van der Waals surface area contributed by atoms with Crippen LogP contribution in [0.4, 0.5) is 0 Å². The first-order valence-electron chi connectivity index (χ1n) is 9.05. The summed E-state index contributed by atoms with van der Waals surface area (Å²) >= 11 is 0. The SMILES string of the molecule is CCNCC1(CN2CC(C)C(N(C)C)C2)CCCC(C)C1. The zero-order valence-corrected chi connectivity index (χ0v) is 15.0. The van der Waals surface area contributed by atoms with Crippen LogP contribution in [0.25, 0.3) is 0 Å². The van der Waals surface area contributed by atoms with Gasteiger partial charge >= 0.3 is 0 Å². The normalized spacial score (nSPS) is 38.3. The number of hydrogen-bond acceptors (Lipinski definition) is 3. The lowest BCUT2D eigenvalue weighted by atomic mass is 9.69. The van der Waals surface area contributed by atoms with Crippen LogP contribution in [-0.4, -0.2) is 62.7 Å². The van der Waals surface area contributed by atoms with Crippen molar-refractivity contribution >= 4 is 0 Å². The summed E-state index contributed by atoms with van der Waals surface area (Å²) in [6, 6.07) is 0.738. The molecule has 0 aromatic heterocycles. The van der Waals surface area contributed by atoms with Gasteiger partial charge in [0.25, 0.3) is 0 Å². The number of nitrogens with one attached hydrogen (secondary N) is 1. The minimum absolute atomic E-state index is 0.522. The van der Waals surface area contributed by atoms with Crippen LogP contribution < -0.4 is 5.32 Å². The van der Waals surface area contributed by atoms with Crippen molar-refractivity contribution < 1.29 is 0 Å². The Morgan fingerprint density at radius 3 is 2.57 bits per heavy atom. The van der Waals surface area contributed by atoms with Crippen molar-refractivity contribution in [1.29, 1.82) is 0 Å². The second-order valence-electron chi connectivity index (χ2n) is 8.18. The summed E-state index contributed by atoms with van der Waals surface area (Å²) in [6.07, 6.45) is 5.69. The van der Waals surface area contributed by atoms with Crippen molar-refractivity contribution in [3.8, 4) is 0 Å². The topological polar surface area (TPSA) is 18.5 Å². The molecule has 4 unspecified atom stereocenters. The van der Waals surface area contributed by atoms with Crippen molar-refractivity contribution in [1.82, 2.24) is 15.1 Å². The van der Waals surface area contributed by atoms with Crippen LogP contribution >= 0.6 is 0 Å². The molecule has 2 aliphatic rings. The number of rotatable bonds is 6. The van der Waals surface area contributed by atoms with Crippen LogP contribution in [0.2, 0.25) is 0 Å². The molecule has 3 heteroatoms. The predicted octanol–water partition coefficient (Wildman–Crippen LogP) is 2.67. The molecule has 1 heterocycles. The van der Waals surface area contributed by atoms with E-state index in [1.807, 2.05) is 0 Å². The molecule has 1 saturated carbocycles. The van der Waals surface area contributed by atoms with E-state index in [4.69, 9.17) is 0 Å². The van der Waals surface area contributed by atoms with Crippen molar-refractivity contribution in [3.63, 3.8) is 0 Å². The first-order valence-corrected chi connectivity index (χ1v) is 9.05. The molecular weight excluding hydrogens is 258 g/mol. The maximum atomic E-state index is 3.66. The van der Waals surface area contributed by atoms with Crippen molar-refractivity contribution in [2.75, 3.05) is 46.8 Å². The van der Waals surface area contributed by atoms with Gasteiger partial charge in [0.05, 0.1) is 0 Å². The highest BCUT2D eigenvalue weighted by molar-refractivity contribution is 4.94. The van der Waals surface area contributed by atoms with Gasteiger partial charge in [0, 0.05) is 32.2 Å². The average Bonchev–Trinajstić information content (AvgIpc) is 2.77. The van der Waals surface area contributed by atoms with Crippen LogP contribution in [0, 0.1) is 17.3 Å². The minimum atomic E-state index is 0.522. The first kappa shape index (κ1) is 17.2. The van der Waals surface area contributed by atoms with Gasteiger partial charge in [-0.15, -0.1) is 0 Å². The molecule has 3 nitrogen and oxygen atoms in total. The summed E-state index contributed by atoms with van der Waals surface area (Å²) in [5, 5.41) is 3.66. The Bertz CT molecular complexity index is 318. The van der Waals surface area contributed by atoms with E-state index in [0.717, 1.165) is 24.4 Å². The lowest BCUT2D eigenvalue weighted by Gasteiger charge is -2.43. The lowest BCUT2D eigenvalue weighted by Crippen LogP contribution is -2.46. The lowest BCUT2D eigenvalue weighted by molar-refractivity contribution is 0.0881. The summed E-state index contributed by atoms with van der Waals surface area (Å²) in [4.78, 5) is 5.18. The molecule has 0 spiro atoms. The van der Waals surface area contributed by atoms with Crippen LogP contribution in [0.3, 0.4) is 0 Å². The van der Waals surface area contributed by atoms with Crippen LogP contribution in [0.1, 0.15) is 46.5 Å². The third kappa shape index (κ3) is 4.43. The van der Waals surface area contributed by atoms with E-state index in [0.29, 0.717) is 5.41 Å². The molecule has 1 aliphatic heterocycles. The predicted molar refractivity (Wildman–Crippen MR) is 91.7 cm³/mol. The molecule has 124 valence electrons. The highest BCUT2D eigenvalue weighted by Gasteiger charge is 2.39. The molecule has 0 amide bonds. The Morgan fingerprint density at radius 1 is 1.24 bits per heavy atom. The molecule has 2 fully saturated rings. The molecule has 0 aromatic rings. The Hall–Kier alpha value is -0.120. The first-order chi connectivity index (χ1) is 9.96. The van der Waals surface area contributed by atoms with E-state index in [2.05, 4.69) is 50.0 Å². The monoisotopic (exact) mass is 295 g/mol. The highest BCUT2D eigenvalue weighted by atomic mass is 15.2. The summed E-state index contributed by atoms with van der Waals surface area (Å²) < 4.78 is 0. The van der Waals surface area contributed by atoms with E-state index in [1.54, 1.807) is 0 Å². The van der Waals surface area contributed by atoms with Crippen LogP contribution in [0.5, 0.6) is 0 Å². The zero-order chi connectivity index (χ0) is 15.5. The molecule has 1 saturated heterocycles. The molecule has 0 bridgehead atoms. The quantitative estimate of drug-likeness (QED) is 0.813. The molecule has 21 heavy (non-hydrogen) atoms. The van der Waals surface area contributed by atoms with Gasteiger partial charge in [0.2, 0.25) is 0 Å². The molecule has 1 N–H and O–H groups in total. The van der Waals surface area contributed by atoms with Gasteiger partial charge < -0.3 is 15.1 Å². The third-order valence-corrected chi connectivity index (χ3v) is 5.81. The summed E-state index contributed by atoms with van der Waals surface area (Å²) in [5.41, 5.74) is 0.522. The van der Waals surface area contributed by atoms with Gasteiger partial charge in [-0.25, -0.2) is 0 Å². The highest BCUT2D eigenvalue weighted by Crippen LogP contribution is 2.40. The molecule has 4 atom stereocenters. The van der Waals surface area contributed by atoms with Gasteiger partial charge in [-0.05, 0) is 50.7 Å². The molecule has 0 radical (unpaired) electrons. The smallest absolute Gasteiger partial charge is 0.0254 e. The van der Waals surface area contributed by atoms with Crippen LogP contribution in [-0.2, 0) is 0 Å². The fourth-order valence-electron chi connectivity index (χ4n) is 4.84. The average molecular weight is 296 g/mol.